The van der Waals surface area contributed by atoms with Gasteiger partial charge in [-0.2, -0.15) is 13.2 Å². The predicted octanol–water partition coefficient (Wildman–Crippen LogP) is 3.65. The van der Waals surface area contributed by atoms with Crippen molar-refractivity contribution >= 4 is 17.8 Å². The van der Waals surface area contributed by atoms with E-state index >= 15 is 0 Å². The van der Waals surface area contributed by atoms with Crippen molar-refractivity contribution in [2.24, 2.45) is 5.92 Å². The molecule has 2 saturated heterocycles. The molecule has 2 aliphatic heterocycles. The van der Waals surface area contributed by atoms with Crippen LogP contribution >= 0.6 is 0 Å². The number of carbonyl (C=O) groups is 2. The van der Waals surface area contributed by atoms with Crippen LogP contribution in [0.25, 0.3) is 0 Å². The summed E-state index contributed by atoms with van der Waals surface area (Å²) in [6, 6.07) is 1.87. The van der Waals surface area contributed by atoms with Crippen molar-refractivity contribution < 1.29 is 27.9 Å². The van der Waals surface area contributed by atoms with Crippen LogP contribution in [0.5, 0.6) is 0 Å². The Kier molecular flexibility index (Phi) is 7.38. The summed E-state index contributed by atoms with van der Waals surface area (Å²) in [6.07, 6.45) is 9.00. The third kappa shape index (κ3) is 5.86. The van der Waals surface area contributed by atoms with Gasteiger partial charge in [-0.25, -0.2) is 14.8 Å². The topological polar surface area (TPSA) is 86.6 Å². The molecule has 172 valence electrons. The fourth-order valence-electron chi connectivity index (χ4n) is 4.96. The van der Waals surface area contributed by atoms with Gasteiger partial charge in [-0.05, 0) is 50.5 Å². The number of aromatic nitrogens is 2. The third-order valence-electron chi connectivity index (χ3n) is 6.62. The second-order valence-electron chi connectivity index (χ2n) is 8.57. The largest absolute Gasteiger partial charge is 0.490 e. The summed E-state index contributed by atoms with van der Waals surface area (Å²) in [7, 11) is 0. The molecule has 1 N–H and O–H groups in total. The monoisotopic (exact) mass is 442 g/mol. The summed E-state index contributed by atoms with van der Waals surface area (Å²) in [4.78, 5) is 35.0. The van der Waals surface area contributed by atoms with E-state index in [0.717, 1.165) is 44.8 Å². The third-order valence-corrected chi connectivity index (χ3v) is 6.62. The maximum atomic E-state index is 12.6. The first-order chi connectivity index (χ1) is 14.7. The number of alkyl halides is 3. The molecule has 0 bridgehead atoms. The number of carboxylic acid groups (broad SMARTS) is 1. The van der Waals surface area contributed by atoms with Gasteiger partial charge < -0.3 is 14.9 Å². The Morgan fingerprint density at radius 1 is 1.03 bits per heavy atom. The van der Waals surface area contributed by atoms with E-state index in [0.29, 0.717) is 11.8 Å². The minimum atomic E-state index is -5.08. The Hall–Kier alpha value is -2.39. The maximum Gasteiger partial charge on any atom is 0.490 e. The number of piperidine rings is 1. The highest BCUT2D eigenvalue weighted by atomic mass is 19.4. The second kappa shape index (κ2) is 9.82. The molecule has 31 heavy (non-hydrogen) atoms. The van der Waals surface area contributed by atoms with Crippen LogP contribution in [0.2, 0.25) is 0 Å². The van der Waals surface area contributed by atoms with Crippen molar-refractivity contribution in [2.75, 3.05) is 24.5 Å². The first-order valence-corrected chi connectivity index (χ1v) is 10.8. The van der Waals surface area contributed by atoms with Crippen molar-refractivity contribution in [3.8, 4) is 0 Å². The number of carboxylic acids is 1. The molecule has 10 heteroatoms. The van der Waals surface area contributed by atoms with Gasteiger partial charge in [0, 0.05) is 44.0 Å². The normalized spacial score (nSPS) is 21.1. The molecule has 1 aromatic heterocycles. The summed E-state index contributed by atoms with van der Waals surface area (Å²) in [5.41, 5.74) is 0.172. The fourth-order valence-corrected chi connectivity index (χ4v) is 4.96. The van der Waals surface area contributed by atoms with Crippen molar-refractivity contribution in [1.82, 2.24) is 14.9 Å². The zero-order valence-corrected chi connectivity index (χ0v) is 17.5. The van der Waals surface area contributed by atoms with Crippen LogP contribution in [0.3, 0.4) is 0 Å². The number of amides is 1. The molecule has 0 aromatic carbocycles. The summed E-state index contributed by atoms with van der Waals surface area (Å²) < 4.78 is 31.7. The fraction of sp³-hybridized carbons (Fsp3) is 0.714. The lowest BCUT2D eigenvalue weighted by Crippen LogP contribution is -2.54. The van der Waals surface area contributed by atoms with Gasteiger partial charge in [0.1, 0.15) is 0 Å². The van der Waals surface area contributed by atoms with Gasteiger partial charge in [0.2, 0.25) is 11.9 Å². The molecule has 3 aliphatic rings. The highest BCUT2D eigenvalue weighted by molar-refractivity contribution is 5.76. The summed E-state index contributed by atoms with van der Waals surface area (Å²) in [5, 5.41) is 7.12. The number of carbonyl (C=O) groups excluding carboxylic acids is 1. The van der Waals surface area contributed by atoms with E-state index in [1.165, 1.54) is 38.5 Å². The molecule has 7 nitrogen and oxygen atoms in total. The number of rotatable bonds is 3. The van der Waals surface area contributed by atoms with E-state index in [4.69, 9.17) is 9.90 Å². The molecule has 0 unspecified atom stereocenters. The van der Waals surface area contributed by atoms with Gasteiger partial charge in [0.25, 0.3) is 0 Å². The number of anilines is 1. The van der Waals surface area contributed by atoms with E-state index in [2.05, 4.69) is 19.8 Å². The maximum absolute atomic E-state index is 12.6. The first kappa shape index (κ1) is 23.3. The van der Waals surface area contributed by atoms with E-state index in [9.17, 15) is 18.0 Å². The van der Waals surface area contributed by atoms with E-state index in [-0.39, 0.29) is 5.54 Å². The molecule has 1 spiro atoms. The van der Waals surface area contributed by atoms with Crippen molar-refractivity contribution in [2.45, 2.75) is 69.5 Å². The van der Waals surface area contributed by atoms with Gasteiger partial charge in [-0.3, -0.25) is 4.79 Å². The number of likely N-dealkylation sites (tertiary alicyclic amines) is 1. The molecule has 1 amide bonds. The summed E-state index contributed by atoms with van der Waals surface area (Å²) in [6.45, 7) is 2.84. The van der Waals surface area contributed by atoms with Crippen molar-refractivity contribution in [3.05, 3.63) is 18.5 Å². The van der Waals surface area contributed by atoms with E-state index in [1.54, 1.807) is 0 Å². The Bertz CT molecular complexity index is 746. The highest BCUT2D eigenvalue weighted by Gasteiger charge is 2.45. The smallest absolute Gasteiger partial charge is 0.475 e. The van der Waals surface area contributed by atoms with Crippen LogP contribution in [-0.2, 0) is 9.59 Å². The predicted molar refractivity (Wildman–Crippen MR) is 107 cm³/mol. The number of aliphatic carboxylic acids is 1. The average Bonchev–Trinajstić information content (AvgIpc) is 3.39. The zero-order valence-electron chi connectivity index (χ0n) is 17.5. The Labute approximate surface area is 179 Å². The Balaban J connectivity index is 0.000000339. The lowest BCUT2D eigenvalue weighted by molar-refractivity contribution is -0.192. The molecule has 0 atom stereocenters. The van der Waals surface area contributed by atoms with Crippen LogP contribution in [0, 0.1) is 5.92 Å². The lowest BCUT2D eigenvalue weighted by Gasteiger charge is -2.45. The Morgan fingerprint density at radius 2 is 1.61 bits per heavy atom. The molecule has 4 rings (SSSR count). The molecule has 1 aromatic rings. The second-order valence-corrected chi connectivity index (χ2v) is 8.57. The lowest BCUT2D eigenvalue weighted by atomic mass is 9.84. The van der Waals surface area contributed by atoms with Gasteiger partial charge in [0.05, 0.1) is 0 Å². The molecule has 1 aliphatic carbocycles. The van der Waals surface area contributed by atoms with Gasteiger partial charge in [-0.15, -0.1) is 0 Å². The standard InChI is InChI=1S/C19H28N4O.C2HF3O2/c24-17(15-16-5-1-2-6-16)22-13-8-19(9-14-22)7-3-12-23(19)18-20-10-4-11-21-18;3-2(4,5)1(6)7/h4,10-11,16H,1-3,5-9,12-15H2;(H,6,7). The average molecular weight is 442 g/mol. The van der Waals surface area contributed by atoms with E-state index in [1.807, 2.05) is 18.5 Å². The molecule has 3 heterocycles. The minimum Gasteiger partial charge on any atom is -0.475 e. The number of hydrogen-bond donors (Lipinski definition) is 1. The Morgan fingerprint density at radius 3 is 2.16 bits per heavy atom. The molecular formula is C21H29F3N4O3. The van der Waals surface area contributed by atoms with Crippen LogP contribution in [0.4, 0.5) is 19.1 Å². The van der Waals surface area contributed by atoms with Gasteiger partial charge in [0.15, 0.2) is 0 Å². The number of halogens is 3. The van der Waals surface area contributed by atoms with Crippen LogP contribution < -0.4 is 4.90 Å². The van der Waals surface area contributed by atoms with E-state index < -0.39 is 12.1 Å². The first-order valence-electron chi connectivity index (χ1n) is 10.8. The molecule has 3 fully saturated rings. The van der Waals surface area contributed by atoms with Crippen molar-refractivity contribution in [3.63, 3.8) is 0 Å². The van der Waals surface area contributed by atoms with Crippen LogP contribution in [-0.4, -0.2) is 63.2 Å². The van der Waals surface area contributed by atoms with Crippen molar-refractivity contribution in [1.29, 1.82) is 0 Å². The zero-order chi connectivity index (χ0) is 22.5. The molecular weight excluding hydrogens is 413 g/mol. The van der Waals surface area contributed by atoms with Gasteiger partial charge in [-0.1, -0.05) is 12.8 Å². The van der Waals surface area contributed by atoms with Crippen LogP contribution in [0.1, 0.15) is 57.8 Å². The highest BCUT2D eigenvalue weighted by Crippen LogP contribution is 2.40. The summed E-state index contributed by atoms with van der Waals surface area (Å²) >= 11 is 0. The quantitative estimate of drug-likeness (QED) is 0.769. The van der Waals surface area contributed by atoms with Gasteiger partial charge >= 0.3 is 12.1 Å². The molecule has 1 saturated carbocycles. The summed E-state index contributed by atoms with van der Waals surface area (Å²) in [5.74, 6) is -0.862. The van der Waals surface area contributed by atoms with Crippen LogP contribution in [0.15, 0.2) is 18.5 Å². The number of hydrogen-bond acceptors (Lipinski definition) is 5. The minimum absolute atomic E-state index is 0.172. The molecule has 0 radical (unpaired) electrons. The number of nitrogens with zero attached hydrogens (tertiary/aromatic N) is 4. The SMILES string of the molecule is O=C(CC1CCCC1)N1CCC2(CCCN2c2ncccn2)CC1.O=C(O)C(F)(F)F.